The van der Waals surface area contributed by atoms with Crippen LogP contribution in [0.2, 0.25) is 0 Å². The number of aromatic nitrogens is 3. The molecule has 1 aromatic heterocycles. The zero-order chi connectivity index (χ0) is 6.69. The molecule has 0 aliphatic rings. The molecule has 0 N–H and O–H groups in total. The summed E-state index contributed by atoms with van der Waals surface area (Å²) in [6.45, 7) is 0.184. The summed E-state index contributed by atoms with van der Waals surface area (Å²) in [6, 6.07) is 0. The summed E-state index contributed by atoms with van der Waals surface area (Å²) in [4.78, 5) is 13.9. The van der Waals surface area contributed by atoms with Crippen LogP contribution in [0.25, 0.3) is 0 Å². The van der Waals surface area contributed by atoms with Crippen LogP contribution in [-0.4, -0.2) is 19.9 Å². The van der Waals surface area contributed by atoms with Gasteiger partial charge in [-0.3, -0.25) is 4.79 Å². The maximum atomic E-state index is 10.3. The normalized spacial score (nSPS) is 9.44. The third-order valence-corrected chi connectivity index (χ3v) is 0.905. The second-order valence-corrected chi connectivity index (χ2v) is 1.99. The van der Waals surface area contributed by atoms with E-state index in [2.05, 4.69) is 22.7 Å². The summed E-state index contributed by atoms with van der Waals surface area (Å²) in [6.07, 6.45) is 2.84. The predicted molar refractivity (Wildman–Crippen MR) is 34.0 cm³/mol. The van der Waals surface area contributed by atoms with Gasteiger partial charge < -0.3 is 0 Å². The first-order valence-corrected chi connectivity index (χ1v) is 2.78. The number of carbonyl (C=O) groups excluding carboxylic acids is 1. The van der Waals surface area contributed by atoms with E-state index in [1.807, 2.05) is 0 Å². The van der Waals surface area contributed by atoms with Crippen LogP contribution in [0.1, 0.15) is 0 Å². The molecule has 1 aromatic rings. The summed E-state index contributed by atoms with van der Waals surface area (Å²) in [5.41, 5.74) is 0. The smallest absolute Gasteiger partial charge is 0.207 e. The van der Waals surface area contributed by atoms with Crippen molar-refractivity contribution < 1.29 is 4.79 Å². The fourth-order valence-electron chi connectivity index (χ4n) is 0.453. The quantitative estimate of drug-likeness (QED) is 0.580. The Morgan fingerprint density at radius 3 is 3.00 bits per heavy atom. The number of carbonyl (C=O) groups is 1. The van der Waals surface area contributed by atoms with Gasteiger partial charge in [0, 0.05) is 0 Å². The maximum absolute atomic E-state index is 10.3. The van der Waals surface area contributed by atoms with Gasteiger partial charge in [0.25, 0.3) is 0 Å². The van der Waals surface area contributed by atoms with Crippen molar-refractivity contribution in [1.29, 1.82) is 0 Å². The molecule has 0 aliphatic carbocycles. The first-order chi connectivity index (χ1) is 4.29. The zero-order valence-corrected chi connectivity index (χ0v) is 5.45. The van der Waals surface area contributed by atoms with Crippen molar-refractivity contribution >= 4 is 17.7 Å². The maximum Gasteiger partial charge on any atom is 0.207 e. The predicted octanol–water partition coefficient (Wildman–Crippen LogP) is -0.266. The lowest BCUT2D eigenvalue weighted by Crippen LogP contribution is -2.03. The average molecular weight is 143 g/mol. The largest absolute Gasteiger partial charge is 0.285 e. The van der Waals surface area contributed by atoms with Crippen molar-refractivity contribution in [2.45, 2.75) is 6.54 Å². The zero-order valence-electron chi connectivity index (χ0n) is 4.56. The lowest BCUT2D eigenvalue weighted by molar-refractivity contribution is -0.111. The first kappa shape index (κ1) is 6.28. The van der Waals surface area contributed by atoms with E-state index >= 15 is 0 Å². The number of hydrogen-bond donors (Lipinski definition) is 1. The minimum absolute atomic E-state index is 0.184. The summed E-state index contributed by atoms with van der Waals surface area (Å²) in [5.74, 6) is 0. The molecular weight excluding hydrogens is 138 g/mol. The molecule has 48 valence electrons. The topological polar surface area (TPSA) is 47.8 Å². The Morgan fingerprint density at radius 1 is 1.78 bits per heavy atom. The number of thiol groups is 1. The monoisotopic (exact) mass is 143 g/mol. The van der Waals surface area contributed by atoms with Crippen LogP contribution < -0.4 is 0 Å². The van der Waals surface area contributed by atoms with Crippen molar-refractivity contribution in [2.24, 2.45) is 0 Å². The van der Waals surface area contributed by atoms with Gasteiger partial charge in [-0.05, 0) is 0 Å². The molecule has 0 spiro atoms. The molecule has 0 unspecified atom stereocenters. The molecule has 0 aromatic carbocycles. The van der Waals surface area contributed by atoms with Crippen LogP contribution in [0.5, 0.6) is 0 Å². The molecule has 0 amide bonds. The van der Waals surface area contributed by atoms with E-state index in [0.29, 0.717) is 0 Å². The van der Waals surface area contributed by atoms with Gasteiger partial charge in [-0.15, -0.1) is 12.6 Å². The van der Waals surface area contributed by atoms with Crippen LogP contribution in [0.4, 0.5) is 0 Å². The van der Waals surface area contributed by atoms with Crippen LogP contribution >= 0.6 is 12.6 Å². The van der Waals surface area contributed by atoms with Crippen molar-refractivity contribution in [2.75, 3.05) is 0 Å². The lowest BCUT2D eigenvalue weighted by Gasteiger charge is -1.90. The molecular formula is C4H5N3OS. The van der Waals surface area contributed by atoms with E-state index in [4.69, 9.17) is 0 Å². The Kier molecular flexibility index (Phi) is 1.84. The Bertz CT molecular complexity index is 196. The Hall–Kier alpha value is -0.840. The van der Waals surface area contributed by atoms with Gasteiger partial charge in [0.2, 0.25) is 5.12 Å². The van der Waals surface area contributed by atoms with E-state index in [-0.39, 0.29) is 11.7 Å². The van der Waals surface area contributed by atoms with E-state index in [9.17, 15) is 4.79 Å². The number of rotatable bonds is 2. The van der Waals surface area contributed by atoms with Gasteiger partial charge in [0.05, 0.1) is 0 Å². The van der Waals surface area contributed by atoms with Gasteiger partial charge in [0.1, 0.15) is 19.2 Å². The lowest BCUT2D eigenvalue weighted by atomic mass is 10.7. The Morgan fingerprint density at radius 2 is 2.56 bits per heavy atom. The fraction of sp³-hybridized carbons (Fsp3) is 0.250. The second kappa shape index (κ2) is 2.63. The summed E-state index contributed by atoms with van der Waals surface area (Å²) in [5, 5.41) is 3.47. The Labute approximate surface area is 57.3 Å². The third-order valence-electron chi connectivity index (χ3n) is 0.764. The highest BCUT2D eigenvalue weighted by Crippen LogP contribution is 1.84. The molecule has 0 bridgehead atoms. The molecule has 0 saturated carbocycles. The van der Waals surface area contributed by atoms with Gasteiger partial charge in [-0.2, -0.15) is 5.10 Å². The number of hydrogen-bond acceptors (Lipinski definition) is 3. The van der Waals surface area contributed by atoms with Gasteiger partial charge in [-0.25, -0.2) is 9.67 Å². The van der Waals surface area contributed by atoms with Crippen LogP contribution in [-0.2, 0) is 11.3 Å². The first-order valence-electron chi connectivity index (χ1n) is 2.33. The Balaban J connectivity index is 2.58. The van der Waals surface area contributed by atoms with Crippen LogP contribution in [0, 0.1) is 0 Å². The summed E-state index contributed by atoms with van der Waals surface area (Å²) >= 11 is 3.56. The minimum Gasteiger partial charge on any atom is -0.285 e. The third kappa shape index (κ3) is 1.85. The SMILES string of the molecule is O=C(S)Cn1cncn1. The molecule has 9 heavy (non-hydrogen) atoms. The van der Waals surface area contributed by atoms with Gasteiger partial charge in [0.15, 0.2) is 0 Å². The van der Waals surface area contributed by atoms with Crippen molar-refractivity contribution in [1.82, 2.24) is 14.8 Å². The molecule has 0 atom stereocenters. The molecule has 0 aliphatic heterocycles. The van der Waals surface area contributed by atoms with Gasteiger partial charge >= 0.3 is 0 Å². The molecule has 1 rings (SSSR count). The van der Waals surface area contributed by atoms with Crippen LogP contribution in [0.15, 0.2) is 12.7 Å². The van der Waals surface area contributed by atoms with Crippen LogP contribution in [0.3, 0.4) is 0 Å². The minimum atomic E-state index is -0.222. The van der Waals surface area contributed by atoms with E-state index in [1.54, 1.807) is 0 Å². The van der Waals surface area contributed by atoms with Gasteiger partial charge in [-0.1, -0.05) is 0 Å². The summed E-state index contributed by atoms with van der Waals surface area (Å²) < 4.78 is 1.41. The highest BCUT2D eigenvalue weighted by Gasteiger charge is 1.94. The number of nitrogens with zero attached hydrogens (tertiary/aromatic N) is 3. The molecule has 1 heterocycles. The van der Waals surface area contributed by atoms with E-state index in [1.165, 1.54) is 17.3 Å². The average Bonchev–Trinajstić information content (AvgIpc) is 2.15. The van der Waals surface area contributed by atoms with E-state index in [0.717, 1.165) is 0 Å². The van der Waals surface area contributed by atoms with Crippen molar-refractivity contribution in [3.05, 3.63) is 12.7 Å². The van der Waals surface area contributed by atoms with Crippen molar-refractivity contribution in [3.63, 3.8) is 0 Å². The molecule has 4 nitrogen and oxygen atoms in total. The van der Waals surface area contributed by atoms with Crippen molar-refractivity contribution in [3.8, 4) is 0 Å². The van der Waals surface area contributed by atoms with E-state index < -0.39 is 0 Å². The summed E-state index contributed by atoms with van der Waals surface area (Å²) in [7, 11) is 0. The molecule has 5 heteroatoms. The molecule has 0 saturated heterocycles. The molecule has 0 radical (unpaired) electrons. The fourth-order valence-corrected chi connectivity index (χ4v) is 0.598. The standard InChI is InChI=1S/C4H5N3OS/c8-4(9)1-7-3-5-2-6-7/h2-3H,1H2,(H,8,9). The second-order valence-electron chi connectivity index (χ2n) is 1.49. The molecule has 0 fully saturated rings. The highest BCUT2D eigenvalue weighted by molar-refractivity contribution is 7.96. The highest BCUT2D eigenvalue weighted by atomic mass is 32.1.